The minimum absolute atomic E-state index is 0.0288. The summed E-state index contributed by atoms with van der Waals surface area (Å²) in [5, 5.41) is 0.0288. The van der Waals surface area contributed by atoms with Crippen LogP contribution >= 0.6 is 11.6 Å². The van der Waals surface area contributed by atoms with Crippen LogP contribution in [0, 0.1) is 5.82 Å². The minimum Gasteiger partial charge on any atom is -0.324 e. The molecule has 1 rings (SSSR count). The first-order valence-corrected chi connectivity index (χ1v) is 7.62. The maximum absolute atomic E-state index is 13.6. The minimum atomic E-state index is -3.00. The van der Waals surface area contributed by atoms with Crippen LogP contribution in [0.3, 0.4) is 0 Å². The third-order valence-electron chi connectivity index (χ3n) is 2.41. The Hall–Kier alpha value is -0.650. The average Bonchev–Trinajstić information content (AvgIpc) is 2.20. The van der Waals surface area contributed by atoms with Gasteiger partial charge in [-0.3, -0.25) is 0 Å². The van der Waals surface area contributed by atoms with Crippen LogP contribution in [0.15, 0.2) is 18.2 Å². The highest BCUT2D eigenvalue weighted by atomic mass is 35.5. The Morgan fingerprint density at radius 1 is 1.47 bits per heavy atom. The van der Waals surface area contributed by atoms with Gasteiger partial charge in [0, 0.05) is 23.6 Å². The summed E-state index contributed by atoms with van der Waals surface area (Å²) in [6, 6.07) is 4.10. The molecule has 3 nitrogen and oxygen atoms in total. The van der Waals surface area contributed by atoms with Gasteiger partial charge in [-0.05, 0) is 18.9 Å². The van der Waals surface area contributed by atoms with Crippen LogP contribution in [0.4, 0.5) is 4.39 Å². The van der Waals surface area contributed by atoms with Gasteiger partial charge >= 0.3 is 0 Å². The number of halogens is 2. The van der Waals surface area contributed by atoms with E-state index in [-0.39, 0.29) is 10.8 Å². The van der Waals surface area contributed by atoms with Crippen molar-refractivity contribution < 1.29 is 12.8 Å². The van der Waals surface area contributed by atoms with Crippen molar-refractivity contribution in [2.45, 2.75) is 18.9 Å². The molecule has 0 fully saturated rings. The molecule has 96 valence electrons. The van der Waals surface area contributed by atoms with Crippen LogP contribution in [0.25, 0.3) is 0 Å². The van der Waals surface area contributed by atoms with Gasteiger partial charge in [0.15, 0.2) is 0 Å². The summed E-state index contributed by atoms with van der Waals surface area (Å²) < 4.78 is 35.5. The molecular formula is C11H15ClFNO2S. The predicted molar refractivity (Wildman–Crippen MR) is 67.3 cm³/mol. The fourth-order valence-corrected chi connectivity index (χ4v) is 2.40. The van der Waals surface area contributed by atoms with Crippen molar-refractivity contribution in [3.05, 3.63) is 34.6 Å². The molecule has 0 spiro atoms. The molecule has 1 aromatic carbocycles. The molecule has 1 aromatic rings. The molecule has 0 saturated carbocycles. The van der Waals surface area contributed by atoms with E-state index in [0.717, 1.165) is 0 Å². The Balaban J connectivity index is 2.64. The summed E-state index contributed by atoms with van der Waals surface area (Å²) in [6.45, 7) is 0. The van der Waals surface area contributed by atoms with E-state index in [1.165, 1.54) is 12.3 Å². The molecule has 0 heterocycles. The van der Waals surface area contributed by atoms with Crippen molar-refractivity contribution in [3.8, 4) is 0 Å². The largest absolute Gasteiger partial charge is 0.324 e. The van der Waals surface area contributed by atoms with Gasteiger partial charge in [0.2, 0.25) is 0 Å². The number of hydrogen-bond donors (Lipinski definition) is 1. The molecule has 1 atom stereocenters. The Kier molecular flexibility index (Phi) is 4.91. The summed E-state index contributed by atoms with van der Waals surface area (Å²) in [5.74, 6) is -0.468. The summed E-state index contributed by atoms with van der Waals surface area (Å²) in [7, 11) is -3.00. The second kappa shape index (κ2) is 5.80. The maximum atomic E-state index is 13.6. The van der Waals surface area contributed by atoms with Crippen molar-refractivity contribution in [1.29, 1.82) is 0 Å². The van der Waals surface area contributed by atoms with E-state index in [4.69, 9.17) is 17.3 Å². The van der Waals surface area contributed by atoms with E-state index in [9.17, 15) is 12.8 Å². The Bertz CT molecular complexity index is 490. The third-order valence-corrected chi connectivity index (χ3v) is 3.73. The third kappa shape index (κ3) is 4.61. The van der Waals surface area contributed by atoms with Crippen LogP contribution in [0.5, 0.6) is 0 Å². The van der Waals surface area contributed by atoms with Gasteiger partial charge < -0.3 is 5.73 Å². The topological polar surface area (TPSA) is 60.2 Å². The maximum Gasteiger partial charge on any atom is 0.147 e. The zero-order chi connectivity index (χ0) is 13.1. The highest BCUT2D eigenvalue weighted by molar-refractivity contribution is 7.90. The van der Waals surface area contributed by atoms with Gasteiger partial charge in [-0.25, -0.2) is 12.8 Å². The molecule has 0 aliphatic rings. The van der Waals surface area contributed by atoms with Crippen LogP contribution in [-0.2, 0) is 9.84 Å². The number of rotatable bonds is 5. The first kappa shape index (κ1) is 14.4. The first-order chi connectivity index (χ1) is 7.81. The Morgan fingerprint density at radius 3 is 2.71 bits per heavy atom. The SMILES string of the molecule is CS(=O)(=O)CCCC(N)c1cccc(Cl)c1F. The molecule has 1 unspecified atom stereocenters. The van der Waals surface area contributed by atoms with Gasteiger partial charge in [-0.2, -0.15) is 0 Å². The zero-order valence-electron chi connectivity index (χ0n) is 9.49. The molecule has 0 saturated heterocycles. The van der Waals surface area contributed by atoms with Gasteiger partial charge in [-0.15, -0.1) is 0 Å². The van der Waals surface area contributed by atoms with Crippen LogP contribution in [-0.4, -0.2) is 20.4 Å². The van der Waals surface area contributed by atoms with Gasteiger partial charge in [0.25, 0.3) is 0 Å². The Labute approximate surface area is 106 Å². The highest BCUT2D eigenvalue weighted by Gasteiger charge is 2.14. The van der Waals surface area contributed by atoms with Gasteiger partial charge in [-0.1, -0.05) is 23.7 Å². The molecule has 0 aliphatic heterocycles. The van der Waals surface area contributed by atoms with E-state index in [1.54, 1.807) is 12.1 Å². The van der Waals surface area contributed by atoms with Gasteiger partial charge in [0.1, 0.15) is 15.7 Å². The summed E-state index contributed by atoms with van der Waals surface area (Å²) >= 11 is 5.64. The lowest BCUT2D eigenvalue weighted by molar-refractivity contribution is 0.555. The molecule has 0 radical (unpaired) electrons. The zero-order valence-corrected chi connectivity index (χ0v) is 11.1. The molecule has 0 bridgehead atoms. The van der Waals surface area contributed by atoms with Crippen molar-refractivity contribution in [3.63, 3.8) is 0 Å². The first-order valence-electron chi connectivity index (χ1n) is 5.18. The molecule has 6 heteroatoms. The smallest absolute Gasteiger partial charge is 0.147 e. The number of nitrogens with two attached hydrogens (primary N) is 1. The fourth-order valence-electron chi connectivity index (χ4n) is 1.53. The second-order valence-electron chi connectivity index (χ2n) is 4.02. The van der Waals surface area contributed by atoms with Crippen molar-refractivity contribution in [2.24, 2.45) is 5.73 Å². The van der Waals surface area contributed by atoms with Crippen molar-refractivity contribution in [2.75, 3.05) is 12.0 Å². The number of benzene rings is 1. The number of sulfone groups is 1. The monoisotopic (exact) mass is 279 g/mol. The van der Waals surface area contributed by atoms with Gasteiger partial charge in [0.05, 0.1) is 5.02 Å². The van der Waals surface area contributed by atoms with Crippen LogP contribution in [0.1, 0.15) is 24.4 Å². The Morgan fingerprint density at radius 2 is 2.12 bits per heavy atom. The second-order valence-corrected chi connectivity index (χ2v) is 6.69. The fraction of sp³-hybridized carbons (Fsp3) is 0.455. The molecule has 2 N–H and O–H groups in total. The molecule has 17 heavy (non-hydrogen) atoms. The summed E-state index contributed by atoms with van der Waals surface area (Å²) in [5.41, 5.74) is 6.13. The summed E-state index contributed by atoms with van der Waals surface area (Å²) in [6.07, 6.45) is 1.98. The van der Waals surface area contributed by atoms with Crippen LogP contribution in [0.2, 0.25) is 5.02 Å². The van der Waals surface area contributed by atoms with E-state index in [0.29, 0.717) is 18.4 Å². The lowest BCUT2D eigenvalue weighted by Gasteiger charge is -2.13. The molecule has 0 aromatic heterocycles. The van der Waals surface area contributed by atoms with E-state index < -0.39 is 21.7 Å². The molecule has 0 aliphatic carbocycles. The number of hydrogen-bond acceptors (Lipinski definition) is 3. The van der Waals surface area contributed by atoms with E-state index in [2.05, 4.69) is 0 Å². The standard InChI is InChI=1S/C11H15ClFNO2S/c1-17(15,16)7-3-6-10(14)8-4-2-5-9(12)11(8)13/h2,4-5,10H,3,6-7,14H2,1H3. The van der Waals surface area contributed by atoms with Crippen molar-refractivity contribution in [1.82, 2.24) is 0 Å². The normalized spacial score (nSPS) is 13.6. The average molecular weight is 280 g/mol. The highest BCUT2D eigenvalue weighted by Crippen LogP contribution is 2.24. The predicted octanol–water partition coefficient (Wildman–Crippen LogP) is 2.30. The lowest BCUT2D eigenvalue weighted by atomic mass is 10.0. The van der Waals surface area contributed by atoms with E-state index >= 15 is 0 Å². The molecule has 0 amide bonds. The van der Waals surface area contributed by atoms with E-state index in [1.807, 2.05) is 0 Å². The van der Waals surface area contributed by atoms with Crippen molar-refractivity contribution >= 4 is 21.4 Å². The summed E-state index contributed by atoms with van der Waals surface area (Å²) in [4.78, 5) is 0. The quantitative estimate of drug-likeness (QED) is 0.900. The lowest BCUT2D eigenvalue weighted by Crippen LogP contribution is -2.14. The molecular weight excluding hydrogens is 265 g/mol. The van der Waals surface area contributed by atoms with Crippen LogP contribution < -0.4 is 5.73 Å².